The van der Waals surface area contributed by atoms with Crippen molar-refractivity contribution in [1.29, 1.82) is 0 Å². The molecule has 0 saturated heterocycles. The number of carbonyl (C=O) groups is 2. The van der Waals surface area contributed by atoms with E-state index in [1.807, 2.05) is 6.92 Å². The molecule has 1 aromatic carbocycles. The monoisotopic (exact) mass is 386 g/mol. The number of nitrogens with one attached hydrogen (secondary N) is 2. The SMILES string of the molecule is CCCC(C)(NC(=O)c1ccc(OC)c(S(=O)(=O)NC(C)C)c1)C(=O)O. The zero-order chi connectivity index (χ0) is 20.1. The number of benzene rings is 1. The second-order valence-corrected chi connectivity index (χ2v) is 8.17. The van der Waals surface area contributed by atoms with Crippen LogP contribution in [-0.4, -0.2) is 44.1 Å². The van der Waals surface area contributed by atoms with Crippen LogP contribution in [0.2, 0.25) is 0 Å². The molecular weight excluding hydrogens is 360 g/mol. The molecule has 1 amide bonds. The molecule has 9 heteroatoms. The molecule has 0 aliphatic heterocycles. The molecule has 1 aromatic rings. The summed E-state index contributed by atoms with van der Waals surface area (Å²) < 4.78 is 32.5. The van der Waals surface area contributed by atoms with Gasteiger partial charge in [0.15, 0.2) is 0 Å². The Labute approximate surface area is 154 Å². The van der Waals surface area contributed by atoms with Crippen LogP contribution in [0.1, 0.15) is 50.9 Å². The lowest BCUT2D eigenvalue weighted by molar-refractivity contribution is -0.144. The van der Waals surface area contributed by atoms with E-state index >= 15 is 0 Å². The summed E-state index contributed by atoms with van der Waals surface area (Å²) in [6.07, 6.45) is 0.800. The quantitative estimate of drug-likeness (QED) is 0.594. The minimum atomic E-state index is -3.90. The van der Waals surface area contributed by atoms with Gasteiger partial charge >= 0.3 is 5.97 Å². The van der Waals surface area contributed by atoms with Crippen molar-refractivity contribution < 1.29 is 27.9 Å². The van der Waals surface area contributed by atoms with Gasteiger partial charge in [0.1, 0.15) is 16.2 Å². The standard InChI is InChI=1S/C17H26N2O6S/c1-6-9-17(4,16(21)22)18-15(20)12-7-8-13(25-5)14(10-12)26(23,24)19-11(2)3/h7-8,10-11,19H,6,9H2,1-5H3,(H,18,20)(H,21,22). The van der Waals surface area contributed by atoms with E-state index in [0.29, 0.717) is 6.42 Å². The molecule has 0 fully saturated rings. The minimum Gasteiger partial charge on any atom is -0.495 e. The fourth-order valence-electron chi connectivity index (χ4n) is 2.45. The highest BCUT2D eigenvalue weighted by Crippen LogP contribution is 2.25. The van der Waals surface area contributed by atoms with E-state index in [9.17, 15) is 23.1 Å². The number of sulfonamides is 1. The normalized spacial score (nSPS) is 13.9. The van der Waals surface area contributed by atoms with Crippen LogP contribution >= 0.6 is 0 Å². The van der Waals surface area contributed by atoms with Crippen LogP contribution < -0.4 is 14.8 Å². The molecule has 1 rings (SSSR count). The van der Waals surface area contributed by atoms with Crippen LogP contribution in [0.15, 0.2) is 23.1 Å². The van der Waals surface area contributed by atoms with Crippen molar-refractivity contribution in [3.63, 3.8) is 0 Å². The van der Waals surface area contributed by atoms with Crippen molar-refractivity contribution in [3.8, 4) is 5.75 Å². The van der Waals surface area contributed by atoms with Crippen molar-refractivity contribution in [2.24, 2.45) is 0 Å². The maximum Gasteiger partial charge on any atom is 0.329 e. The Kier molecular flexibility index (Phi) is 7.16. The fourth-order valence-corrected chi connectivity index (χ4v) is 3.89. The van der Waals surface area contributed by atoms with E-state index in [1.54, 1.807) is 13.8 Å². The lowest BCUT2D eigenvalue weighted by Crippen LogP contribution is -2.52. The summed E-state index contributed by atoms with van der Waals surface area (Å²) in [5.74, 6) is -1.74. The van der Waals surface area contributed by atoms with E-state index in [4.69, 9.17) is 4.74 Å². The van der Waals surface area contributed by atoms with E-state index in [-0.39, 0.29) is 28.7 Å². The first-order valence-electron chi connectivity index (χ1n) is 8.23. The van der Waals surface area contributed by atoms with E-state index < -0.39 is 27.4 Å². The van der Waals surface area contributed by atoms with Crippen molar-refractivity contribution >= 4 is 21.9 Å². The van der Waals surface area contributed by atoms with Crippen LogP contribution in [0, 0.1) is 0 Å². The van der Waals surface area contributed by atoms with Crippen molar-refractivity contribution in [1.82, 2.24) is 10.0 Å². The number of carboxylic acid groups (broad SMARTS) is 1. The summed E-state index contributed by atoms with van der Waals surface area (Å²) in [5.41, 5.74) is -1.42. The lowest BCUT2D eigenvalue weighted by Gasteiger charge is -2.26. The largest absolute Gasteiger partial charge is 0.495 e. The van der Waals surface area contributed by atoms with Gasteiger partial charge in [-0.15, -0.1) is 0 Å². The topological polar surface area (TPSA) is 122 Å². The zero-order valence-corrected chi connectivity index (χ0v) is 16.4. The number of amides is 1. The van der Waals surface area contributed by atoms with Crippen LogP contribution in [0.4, 0.5) is 0 Å². The van der Waals surface area contributed by atoms with Gasteiger partial charge in [0, 0.05) is 11.6 Å². The van der Waals surface area contributed by atoms with Gasteiger partial charge in [0.05, 0.1) is 7.11 Å². The molecule has 26 heavy (non-hydrogen) atoms. The fraction of sp³-hybridized carbons (Fsp3) is 0.529. The third-order valence-electron chi connectivity index (χ3n) is 3.72. The van der Waals surface area contributed by atoms with Crippen molar-refractivity contribution in [2.75, 3.05) is 7.11 Å². The highest BCUT2D eigenvalue weighted by molar-refractivity contribution is 7.89. The first kappa shape index (κ1) is 21.9. The van der Waals surface area contributed by atoms with Crippen LogP contribution in [0.25, 0.3) is 0 Å². The Morgan fingerprint density at radius 2 is 1.92 bits per heavy atom. The molecule has 0 saturated carbocycles. The van der Waals surface area contributed by atoms with Crippen LogP contribution in [-0.2, 0) is 14.8 Å². The first-order valence-corrected chi connectivity index (χ1v) is 9.71. The maximum atomic E-state index is 12.5. The molecule has 1 unspecified atom stereocenters. The molecule has 0 aromatic heterocycles. The van der Waals surface area contributed by atoms with Gasteiger partial charge in [-0.3, -0.25) is 4.79 Å². The molecule has 0 aliphatic rings. The number of aliphatic carboxylic acids is 1. The Morgan fingerprint density at radius 3 is 2.38 bits per heavy atom. The van der Waals surface area contributed by atoms with E-state index in [0.717, 1.165) is 0 Å². The highest BCUT2D eigenvalue weighted by atomic mass is 32.2. The van der Waals surface area contributed by atoms with Gasteiger partial charge < -0.3 is 15.2 Å². The van der Waals surface area contributed by atoms with Gasteiger partial charge in [-0.05, 0) is 45.4 Å². The molecule has 0 radical (unpaired) electrons. The number of rotatable bonds is 9. The third kappa shape index (κ3) is 5.18. The molecule has 3 N–H and O–H groups in total. The van der Waals surface area contributed by atoms with Gasteiger partial charge in [-0.2, -0.15) is 0 Å². The lowest BCUT2D eigenvalue weighted by atomic mass is 9.95. The van der Waals surface area contributed by atoms with Gasteiger partial charge in [-0.1, -0.05) is 13.3 Å². The third-order valence-corrected chi connectivity index (χ3v) is 5.40. The molecule has 1 atom stereocenters. The summed E-state index contributed by atoms with van der Waals surface area (Å²) >= 11 is 0. The predicted molar refractivity (Wildman–Crippen MR) is 96.9 cm³/mol. The van der Waals surface area contributed by atoms with Crippen molar-refractivity contribution in [2.45, 2.75) is 57.0 Å². The number of carbonyl (C=O) groups excluding carboxylic acids is 1. The van der Waals surface area contributed by atoms with E-state index in [2.05, 4.69) is 10.0 Å². The van der Waals surface area contributed by atoms with Gasteiger partial charge in [0.2, 0.25) is 10.0 Å². The number of ether oxygens (including phenoxy) is 1. The molecule has 8 nitrogen and oxygen atoms in total. The maximum absolute atomic E-state index is 12.5. The summed E-state index contributed by atoms with van der Waals surface area (Å²) in [4.78, 5) is 23.8. The van der Waals surface area contributed by atoms with Crippen molar-refractivity contribution in [3.05, 3.63) is 23.8 Å². The first-order chi connectivity index (χ1) is 12.0. The van der Waals surface area contributed by atoms with Gasteiger partial charge in [-0.25, -0.2) is 17.9 Å². The Balaban J connectivity index is 3.28. The molecule has 146 valence electrons. The molecule has 0 bridgehead atoms. The molecular formula is C17H26N2O6S. The molecule has 0 spiro atoms. The predicted octanol–water partition coefficient (Wildman–Crippen LogP) is 1.76. The second-order valence-electron chi connectivity index (χ2n) is 6.48. The molecule has 0 aliphatic carbocycles. The number of hydrogen-bond donors (Lipinski definition) is 3. The summed E-state index contributed by atoms with van der Waals surface area (Å²) in [6.45, 7) is 6.56. The van der Waals surface area contributed by atoms with E-state index in [1.165, 1.54) is 32.2 Å². The second kappa shape index (κ2) is 8.50. The summed E-state index contributed by atoms with van der Waals surface area (Å²) in [6, 6.07) is 3.58. The summed E-state index contributed by atoms with van der Waals surface area (Å²) in [5, 5.41) is 11.9. The highest BCUT2D eigenvalue weighted by Gasteiger charge is 2.34. The van der Waals surface area contributed by atoms with Gasteiger partial charge in [0.25, 0.3) is 5.91 Å². The minimum absolute atomic E-state index is 0.0264. The number of hydrogen-bond acceptors (Lipinski definition) is 5. The zero-order valence-electron chi connectivity index (χ0n) is 15.6. The Hall–Kier alpha value is -2.13. The smallest absolute Gasteiger partial charge is 0.329 e. The average Bonchev–Trinajstić information content (AvgIpc) is 2.53. The summed E-state index contributed by atoms with van der Waals surface area (Å²) in [7, 11) is -2.57. The van der Waals surface area contributed by atoms with Crippen LogP contribution in [0.3, 0.4) is 0 Å². The molecule has 0 heterocycles. The number of carboxylic acids is 1. The Bertz CT molecular complexity index is 775. The number of methoxy groups -OCH3 is 1. The average molecular weight is 386 g/mol. The Morgan fingerprint density at radius 1 is 1.31 bits per heavy atom. The van der Waals surface area contributed by atoms with Crippen LogP contribution in [0.5, 0.6) is 5.75 Å².